The molecule has 0 aliphatic rings. The van der Waals surface area contributed by atoms with Crippen LogP contribution >= 0.6 is 15.9 Å². The highest BCUT2D eigenvalue weighted by atomic mass is 79.9. The Labute approximate surface area is 183 Å². The Bertz CT molecular complexity index is 1160. The molecule has 0 saturated carbocycles. The highest BCUT2D eigenvalue weighted by Crippen LogP contribution is 2.23. The average Bonchev–Trinajstić information content (AvgIpc) is 2.69. The lowest BCUT2D eigenvalue weighted by atomic mass is 10.1. The van der Waals surface area contributed by atoms with Crippen LogP contribution in [0.15, 0.2) is 71.2 Å². The number of carbonyl (C=O) groups is 1. The van der Waals surface area contributed by atoms with Gasteiger partial charge in [0.25, 0.3) is 5.91 Å². The summed E-state index contributed by atoms with van der Waals surface area (Å²) in [7, 11) is -3.58. The van der Waals surface area contributed by atoms with Crippen molar-refractivity contribution in [3.05, 3.63) is 93.7 Å². The lowest BCUT2D eigenvalue weighted by Gasteiger charge is -2.22. The van der Waals surface area contributed by atoms with Crippen molar-refractivity contribution >= 4 is 43.2 Å². The van der Waals surface area contributed by atoms with Gasteiger partial charge in [-0.2, -0.15) is 0 Å². The summed E-state index contributed by atoms with van der Waals surface area (Å²) in [4.78, 5) is 12.5. The Balaban J connectivity index is 1.79. The molecule has 5 nitrogen and oxygen atoms in total. The number of aryl methyl sites for hydroxylation is 1. The highest BCUT2D eigenvalue weighted by Gasteiger charge is 2.18. The van der Waals surface area contributed by atoms with E-state index < -0.39 is 10.0 Å². The Morgan fingerprint density at radius 1 is 1.03 bits per heavy atom. The van der Waals surface area contributed by atoms with Crippen molar-refractivity contribution in [1.29, 1.82) is 0 Å². The second-order valence-corrected chi connectivity index (χ2v) is 9.62. The summed E-state index contributed by atoms with van der Waals surface area (Å²) in [6.07, 6.45) is 1.10. The van der Waals surface area contributed by atoms with E-state index in [2.05, 4.69) is 21.2 Å². The largest absolute Gasteiger partial charge is 0.322 e. The molecular formula is C22H20BrFN2O3S. The fraction of sp³-hybridized carbons (Fsp3) is 0.136. The Hall–Kier alpha value is -2.71. The quantitative estimate of drug-likeness (QED) is 0.521. The number of hydrogen-bond donors (Lipinski definition) is 1. The third kappa shape index (κ3) is 5.46. The van der Waals surface area contributed by atoms with Crippen molar-refractivity contribution in [2.45, 2.75) is 13.5 Å². The van der Waals surface area contributed by atoms with Crippen LogP contribution in [-0.4, -0.2) is 20.6 Å². The third-order valence-corrected chi connectivity index (χ3v) is 6.50. The number of halogens is 2. The monoisotopic (exact) mass is 490 g/mol. The van der Waals surface area contributed by atoms with E-state index in [0.29, 0.717) is 22.5 Å². The van der Waals surface area contributed by atoms with Crippen molar-refractivity contribution < 1.29 is 17.6 Å². The Morgan fingerprint density at radius 3 is 2.23 bits per heavy atom. The fourth-order valence-electron chi connectivity index (χ4n) is 2.86. The standard InChI is InChI=1S/C22H20BrFN2O3S/c1-15-13-19(9-12-21(15)23)25-22(27)17-5-10-20(11-6-17)26(30(2,28)29)14-16-3-7-18(24)8-4-16/h3-13H,14H2,1-2H3,(H,25,27). The van der Waals surface area contributed by atoms with Gasteiger partial charge in [0.1, 0.15) is 5.82 Å². The van der Waals surface area contributed by atoms with Crippen LogP contribution in [-0.2, 0) is 16.6 Å². The number of amides is 1. The number of nitrogens with zero attached hydrogens (tertiary/aromatic N) is 1. The maximum Gasteiger partial charge on any atom is 0.255 e. The fourth-order valence-corrected chi connectivity index (χ4v) is 4.00. The smallest absolute Gasteiger partial charge is 0.255 e. The van der Waals surface area contributed by atoms with E-state index in [1.807, 2.05) is 19.1 Å². The van der Waals surface area contributed by atoms with E-state index in [1.54, 1.807) is 30.3 Å². The van der Waals surface area contributed by atoms with Crippen LogP contribution in [0.2, 0.25) is 0 Å². The summed E-state index contributed by atoms with van der Waals surface area (Å²) < 4.78 is 39.9. The molecule has 0 unspecified atom stereocenters. The molecule has 30 heavy (non-hydrogen) atoms. The van der Waals surface area contributed by atoms with E-state index in [0.717, 1.165) is 16.3 Å². The molecule has 0 bridgehead atoms. The van der Waals surface area contributed by atoms with Gasteiger partial charge in [-0.05, 0) is 72.6 Å². The minimum Gasteiger partial charge on any atom is -0.322 e. The average molecular weight is 491 g/mol. The summed E-state index contributed by atoms with van der Waals surface area (Å²) in [5.74, 6) is -0.686. The van der Waals surface area contributed by atoms with Crippen LogP contribution in [0.25, 0.3) is 0 Å². The molecule has 0 aliphatic carbocycles. The van der Waals surface area contributed by atoms with Gasteiger partial charge in [0, 0.05) is 15.7 Å². The number of anilines is 2. The van der Waals surface area contributed by atoms with E-state index in [9.17, 15) is 17.6 Å². The maximum absolute atomic E-state index is 13.1. The van der Waals surface area contributed by atoms with E-state index >= 15 is 0 Å². The lowest BCUT2D eigenvalue weighted by molar-refractivity contribution is 0.102. The molecule has 156 valence electrons. The first kappa shape index (κ1) is 22.0. The molecule has 0 atom stereocenters. The number of hydrogen-bond acceptors (Lipinski definition) is 3. The number of sulfonamides is 1. The first-order chi connectivity index (χ1) is 14.1. The van der Waals surface area contributed by atoms with Gasteiger partial charge in [-0.3, -0.25) is 9.10 Å². The molecule has 0 aliphatic heterocycles. The highest BCUT2D eigenvalue weighted by molar-refractivity contribution is 9.10. The van der Waals surface area contributed by atoms with Gasteiger partial charge in [-0.1, -0.05) is 28.1 Å². The molecule has 1 amide bonds. The second-order valence-electron chi connectivity index (χ2n) is 6.86. The van der Waals surface area contributed by atoms with Crippen LogP contribution in [0.4, 0.5) is 15.8 Å². The van der Waals surface area contributed by atoms with Crippen LogP contribution in [0, 0.1) is 12.7 Å². The summed E-state index contributed by atoms with van der Waals surface area (Å²) in [5, 5.41) is 2.82. The van der Waals surface area contributed by atoms with Crippen LogP contribution in [0.1, 0.15) is 21.5 Å². The first-order valence-corrected chi connectivity index (χ1v) is 11.7. The van der Waals surface area contributed by atoms with Gasteiger partial charge in [-0.25, -0.2) is 12.8 Å². The van der Waals surface area contributed by atoms with E-state index in [1.165, 1.54) is 28.6 Å². The predicted molar refractivity (Wildman–Crippen MR) is 121 cm³/mol. The van der Waals surface area contributed by atoms with Gasteiger partial charge >= 0.3 is 0 Å². The zero-order chi connectivity index (χ0) is 21.9. The molecule has 3 rings (SSSR count). The zero-order valence-corrected chi connectivity index (χ0v) is 18.8. The van der Waals surface area contributed by atoms with Gasteiger partial charge in [0.15, 0.2) is 0 Å². The van der Waals surface area contributed by atoms with E-state index in [4.69, 9.17) is 0 Å². The van der Waals surface area contributed by atoms with Gasteiger partial charge in [-0.15, -0.1) is 0 Å². The normalized spacial score (nSPS) is 11.2. The number of nitrogens with one attached hydrogen (secondary N) is 1. The molecule has 3 aromatic carbocycles. The number of rotatable bonds is 6. The zero-order valence-electron chi connectivity index (χ0n) is 16.4. The van der Waals surface area contributed by atoms with Crippen molar-refractivity contribution in [1.82, 2.24) is 0 Å². The predicted octanol–water partition coefficient (Wildman–Crippen LogP) is 5.12. The molecule has 0 fully saturated rings. The molecule has 1 N–H and O–H groups in total. The molecular weight excluding hydrogens is 471 g/mol. The summed E-state index contributed by atoms with van der Waals surface area (Å²) in [6.45, 7) is 1.98. The summed E-state index contributed by atoms with van der Waals surface area (Å²) in [6, 6.07) is 17.4. The molecule has 8 heteroatoms. The molecule has 0 saturated heterocycles. The second kappa shape index (κ2) is 8.97. The van der Waals surface area contributed by atoms with Crippen molar-refractivity contribution in [3.63, 3.8) is 0 Å². The summed E-state index contributed by atoms with van der Waals surface area (Å²) >= 11 is 3.42. The van der Waals surface area contributed by atoms with Crippen molar-refractivity contribution in [3.8, 4) is 0 Å². The Morgan fingerprint density at radius 2 is 1.67 bits per heavy atom. The minimum atomic E-state index is -3.58. The topological polar surface area (TPSA) is 66.5 Å². The molecule has 0 heterocycles. The van der Waals surface area contributed by atoms with Gasteiger partial charge < -0.3 is 5.32 Å². The third-order valence-electron chi connectivity index (χ3n) is 4.47. The molecule has 0 radical (unpaired) electrons. The van der Waals surface area contributed by atoms with Crippen molar-refractivity contribution in [2.75, 3.05) is 15.9 Å². The van der Waals surface area contributed by atoms with E-state index in [-0.39, 0.29) is 18.3 Å². The van der Waals surface area contributed by atoms with Gasteiger partial charge in [0.2, 0.25) is 10.0 Å². The van der Waals surface area contributed by atoms with Crippen LogP contribution < -0.4 is 9.62 Å². The maximum atomic E-state index is 13.1. The number of benzene rings is 3. The lowest BCUT2D eigenvalue weighted by Crippen LogP contribution is -2.29. The van der Waals surface area contributed by atoms with Crippen LogP contribution in [0.5, 0.6) is 0 Å². The first-order valence-electron chi connectivity index (χ1n) is 9.03. The Kier molecular flexibility index (Phi) is 6.58. The minimum absolute atomic E-state index is 0.0584. The molecule has 0 spiro atoms. The SMILES string of the molecule is Cc1cc(NC(=O)c2ccc(N(Cc3ccc(F)cc3)S(C)(=O)=O)cc2)ccc1Br. The van der Waals surface area contributed by atoms with Gasteiger partial charge in [0.05, 0.1) is 18.5 Å². The molecule has 0 aromatic heterocycles. The van der Waals surface area contributed by atoms with Crippen molar-refractivity contribution in [2.24, 2.45) is 0 Å². The van der Waals surface area contributed by atoms with Crippen LogP contribution in [0.3, 0.4) is 0 Å². The number of carbonyl (C=O) groups excluding carboxylic acids is 1. The molecule has 3 aromatic rings. The summed E-state index contributed by atoms with van der Waals surface area (Å²) in [5.41, 5.74) is 3.12.